The first-order valence-corrected chi connectivity index (χ1v) is 12.7. The van der Waals surface area contributed by atoms with Gasteiger partial charge < -0.3 is 14.6 Å². The van der Waals surface area contributed by atoms with Crippen LogP contribution < -0.4 is 15.4 Å². The van der Waals surface area contributed by atoms with E-state index in [0.717, 1.165) is 74.2 Å². The number of nitrogens with zero attached hydrogens (tertiary/aromatic N) is 2. The minimum Gasteiger partial charge on any atom is -0.444 e. The summed E-state index contributed by atoms with van der Waals surface area (Å²) < 4.78 is 5.70. The van der Waals surface area contributed by atoms with Crippen LogP contribution in [0.1, 0.15) is 47.9 Å². The minimum absolute atomic E-state index is 0.0797. The SMILES string of the molecule is O=C(OCc1ccccc1)N1CC2(CCN(c3cc4c(c(=O)[nH]3)CCCC4)CC2)c2ccccc21. The number of aromatic amines is 1. The van der Waals surface area contributed by atoms with Gasteiger partial charge in [0, 0.05) is 30.6 Å². The molecule has 1 fully saturated rings. The predicted molar refractivity (Wildman–Crippen MR) is 137 cm³/mol. The first kappa shape index (κ1) is 22.0. The van der Waals surface area contributed by atoms with Gasteiger partial charge in [0.25, 0.3) is 5.56 Å². The molecule has 1 N–H and O–H groups in total. The second kappa shape index (κ2) is 8.91. The monoisotopic (exact) mass is 469 g/mol. The highest BCUT2D eigenvalue weighted by molar-refractivity contribution is 5.91. The second-order valence-corrected chi connectivity index (χ2v) is 10.1. The average molecular weight is 470 g/mol. The maximum atomic E-state index is 13.1. The Hall–Kier alpha value is -3.54. The molecular weight excluding hydrogens is 438 g/mol. The van der Waals surface area contributed by atoms with Crippen LogP contribution in [0.4, 0.5) is 16.3 Å². The van der Waals surface area contributed by atoms with E-state index in [1.54, 1.807) is 0 Å². The number of ether oxygens (including phenoxy) is 1. The van der Waals surface area contributed by atoms with Crippen LogP contribution in [0.25, 0.3) is 0 Å². The Kier molecular flexibility index (Phi) is 5.59. The fourth-order valence-electron chi connectivity index (χ4n) is 6.10. The Balaban J connectivity index is 1.19. The summed E-state index contributed by atoms with van der Waals surface area (Å²) in [7, 11) is 0. The quantitative estimate of drug-likeness (QED) is 0.590. The normalized spacial score (nSPS) is 18.3. The standard InChI is InChI=1S/C29H31N3O3/c33-27-23-11-5-4-10-22(23)18-26(30-27)31-16-14-29(15-17-31)20-32(25-13-7-6-12-24(25)29)28(34)35-19-21-8-2-1-3-9-21/h1-3,6-9,12-13,18H,4-5,10-11,14-17,19-20H2,(H,30,33). The van der Waals surface area contributed by atoms with Gasteiger partial charge >= 0.3 is 6.09 Å². The van der Waals surface area contributed by atoms with Crippen molar-refractivity contribution in [2.75, 3.05) is 29.4 Å². The van der Waals surface area contributed by atoms with Crippen molar-refractivity contribution >= 4 is 17.6 Å². The van der Waals surface area contributed by atoms with E-state index in [9.17, 15) is 9.59 Å². The number of anilines is 2. The summed E-state index contributed by atoms with van der Waals surface area (Å²) in [5.74, 6) is 0.941. The number of fused-ring (bicyclic) bond motifs is 3. The lowest BCUT2D eigenvalue weighted by Gasteiger charge is -2.40. The van der Waals surface area contributed by atoms with E-state index < -0.39 is 0 Å². The number of para-hydroxylation sites is 1. The molecule has 2 aliphatic heterocycles. The average Bonchev–Trinajstić information content (AvgIpc) is 3.22. The van der Waals surface area contributed by atoms with Crippen LogP contribution in [-0.4, -0.2) is 30.7 Å². The van der Waals surface area contributed by atoms with Gasteiger partial charge in [0.15, 0.2) is 0 Å². The van der Waals surface area contributed by atoms with Crippen molar-refractivity contribution in [2.24, 2.45) is 0 Å². The van der Waals surface area contributed by atoms with Gasteiger partial charge in [0.2, 0.25) is 0 Å². The molecule has 3 aliphatic rings. The van der Waals surface area contributed by atoms with Crippen molar-refractivity contribution in [3.8, 4) is 0 Å². The number of H-pyrrole nitrogens is 1. The molecule has 0 atom stereocenters. The molecule has 0 unspecified atom stereocenters. The smallest absolute Gasteiger partial charge is 0.414 e. The maximum Gasteiger partial charge on any atom is 0.414 e. The highest BCUT2D eigenvalue weighted by Gasteiger charge is 2.46. The summed E-state index contributed by atoms with van der Waals surface area (Å²) in [5, 5.41) is 0. The highest BCUT2D eigenvalue weighted by Crippen LogP contribution is 2.47. The maximum absolute atomic E-state index is 13.1. The third kappa shape index (κ3) is 4.01. The van der Waals surface area contributed by atoms with Crippen LogP contribution in [0.3, 0.4) is 0 Å². The number of piperidine rings is 1. The number of hydrogen-bond acceptors (Lipinski definition) is 4. The van der Waals surface area contributed by atoms with Gasteiger partial charge in [0.05, 0.1) is 5.69 Å². The summed E-state index contributed by atoms with van der Waals surface area (Å²) >= 11 is 0. The van der Waals surface area contributed by atoms with Crippen molar-refractivity contribution in [1.29, 1.82) is 0 Å². The summed E-state index contributed by atoms with van der Waals surface area (Å²) in [6.07, 6.45) is 5.70. The largest absolute Gasteiger partial charge is 0.444 e. The fourth-order valence-corrected chi connectivity index (χ4v) is 6.10. The van der Waals surface area contributed by atoms with Crippen molar-refractivity contribution in [3.63, 3.8) is 0 Å². The van der Waals surface area contributed by atoms with Gasteiger partial charge in [0.1, 0.15) is 12.4 Å². The Bertz CT molecular complexity index is 1290. The first-order valence-electron chi connectivity index (χ1n) is 12.7. The number of rotatable bonds is 3. The van der Waals surface area contributed by atoms with Crippen molar-refractivity contribution in [2.45, 2.75) is 50.5 Å². The van der Waals surface area contributed by atoms with Crippen LogP contribution in [0.15, 0.2) is 65.5 Å². The number of aryl methyl sites for hydroxylation is 1. The molecule has 2 aromatic carbocycles. The van der Waals surface area contributed by atoms with Crippen LogP contribution in [0.2, 0.25) is 0 Å². The minimum atomic E-state index is -0.292. The van der Waals surface area contributed by atoms with Gasteiger partial charge in [-0.3, -0.25) is 9.69 Å². The van der Waals surface area contributed by atoms with Gasteiger partial charge in [-0.2, -0.15) is 0 Å². The Morgan fingerprint density at radius 1 is 0.971 bits per heavy atom. The van der Waals surface area contributed by atoms with E-state index in [2.05, 4.69) is 28.1 Å². The van der Waals surface area contributed by atoms with Crippen molar-refractivity contribution in [3.05, 3.63) is 93.3 Å². The lowest BCUT2D eigenvalue weighted by Crippen LogP contribution is -2.46. The molecule has 1 saturated heterocycles. The number of amides is 1. The molecule has 35 heavy (non-hydrogen) atoms. The van der Waals surface area contributed by atoms with Crippen LogP contribution >= 0.6 is 0 Å². The second-order valence-electron chi connectivity index (χ2n) is 10.1. The molecule has 3 heterocycles. The van der Waals surface area contributed by atoms with E-state index in [1.807, 2.05) is 47.4 Å². The van der Waals surface area contributed by atoms with Crippen LogP contribution in [0, 0.1) is 0 Å². The zero-order chi connectivity index (χ0) is 23.8. The first-order chi connectivity index (χ1) is 17.1. The van der Waals surface area contributed by atoms with E-state index in [1.165, 1.54) is 11.1 Å². The molecule has 0 radical (unpaired) electrons. The molecule has 1 spiro atoms. The van der Waals surface area contributed by atoms with Crippen LogP contribution in [0.5, 0.6) is 0 Å². The van der Waals surface area contributed by atoms with Crippen molar-refractivity contribution < 1.29 is 9.53 Å². The molecule has 180 valence electrons. The van der Waals surface area contributed by atoms with Crippen LogP contribution in [-0.2, 0) is 29.6 Å². The number of pyridine rings is 1. The summed E-state index contributed by atoms with van der Waals surface area (Å²) in [6, 6.07) is 20.2. The van der Waals surface area contributed by atoms with E-state index in [4.69, 9.17) is 4.74 Å². The van der Waals surface area contributed by atoms with E-state index in [0.29, 0.717) is 6.54 Å². The molecule has 0 bridgehead atoms. The molecule has 3 aromatic rings. The number of hydrogen-bond donors (Lipinski definition) is 1. The topological polar surface area (TPSA) is 65.6 Å². The number of nitrogens with one attached hydrogen (secondary N) is 1. The lowest BCUT2D eigenvalue weighted by molar-refractivity contribution is 0.146. The fraction of sp³-hybridized carbons (Fsp3) is 0.379. The molecule has 6 heteroatoms. The molecule has 6 nitrogen and oxygen atoms in total. The number of carbonyl (C=O) groups excluding carboxylic acids is 1. The van der Waals surface area contributed by atoms with Gasteiger partial charge in [-0.25, -0.2) is 4.79 Å². The molecule has 0 saturated carbocycles. The van der Waals surface area contributed by atoms with Gasteiger partial charge in [-0.1, -0.05) is 48.5 Å². The Morgan fingerprint density at radius 2 is 1.71 bits per heavy atom. The Morgan fingerprint density at radius 3 is 2.54 bits per heavy atom. The number of aromatic nitrogens is 1. The molecule has 1 aliphatic carbocycles. The summed E-state index contributed by atoms with van der Waals surface area (Å²) in [5.41, 5.74) is 5.35. The summed E-state index contributed by atoms with van der Waals surface area (Å²) in [6.45, 7) is 2.59. The van der Waals surface area contributed by atoms with E-state index in [-0.39, 0.29) is 23.7 Å². The third-order valence-electron chi connectivity index (χ3n) is 8.05. The lowest BCUT2D eigenvalue weighted by atomic mass is 9.74. The van der Waals surface area contributed by atoms with Gasteiger partial charge in [-0.15, -0.1) is 0 Å². The molecular formula is C29H31N3O3. The van der Waals surface area contributed by atoms with E-state index >= 15 is 0 Å². The highest BCUT2D eigenvalue weighted by atomic mass is 16.6. The molecule has 1 aromatic heterocycles. The zero-order valence-electron chi connectivity index (χ0n) is 20.0. The summed E-state index contributed by atoms with van der Waals surface area (Å²) in [4.78, 5) is 33.1. The number of benzene rings is 2. The van der Waals surface area contributed by atoms with Crippen molar-refractivity contribution in [1.82, 2.24) is 4.98 Å². The Labute approximate surface area is 205 Å². The third-order valence-corrected chi connectivity index (χ3v) is 8.05. The molecule has 6 rings (SSSR count). The zero-order valence-corrected chi connectivity index (χ0v) is 20.0. The molecule has 1 amide bonds. The van der Waals surface area contributed by atoms with Gasteiger partial charge in [-0.05, 0) is 67.3 Å². The predicted octanol–water partition coefficient (Wildman–Crippen LogP) is 4.95. The number of carbonyl (C=O) groups is 1.